The molecule has 2 aromatic heterocycles. The molecule has 0 aliphatic heterocycles. The Morgan fingerprint density at radius 3 is 2.94 bits per heavy atom. The molecule has 1 N–H and O–H groups in total. The maximum atomic E-state index is 9.32. The van der Waals surface area contributed by atoms with Crippen LogP contribution in [0.15, 0.2) is 35.8 Å². The zero-order valence-electron chi connectivity index (χ0n) is 10.1. The molecule has 92 valence electrons. The number of hydrogen-bond acceptors (Lipinski definition) is 3. The molecule has 0 aliphatic carbocycles. The third-order valence-corrected chi connectivity index (χ3v) is 4.00. The summed E-state index contributed by atoms with van der Waals surface area (Å²) in [6.45, 7) is 2.88. The molecule has 3 nitrogen and oxygen atoms in total. The maximum absolute atomic E-state index is 9.32. The summed E-state index contributed by atoms with van der Waals surface area (Å²) in [5.41, 5.74) is 3.19. The molecule has 0 radical (unpaired) electrons. The molecule has 18 heavy (non-hydrogen) atoms. The Labute approximate surface area is 109 Å². The van der Waals surface area contributed by atoms with E-state index in [1.807, 2.05) is 19.1 Å². The summed E-state index contributed by atoms with van der Waals surface area (Å²) < 4.78 is 2.17. The summed E-state index contributed by atoms with van der Waals surface area (Å²) in [7, 11) is 0. The fourth-order valence-corrected chi connectivity index (χ4v) is 2.95. The molecule has 0 atom stereocenters. The summed E-state index contributed by atoms with van der Waals surface area (Å²) in [4.78, 5) is 4.48. The summed E-state index contributed by atoms with van der Waals surface area (Å²) in [5, 5.41) is 13.6. The molecular formula is C14H14N2OS. The first-order chi connectivity index (χ1) is 8.78. The largest absolute Gasteiger partial charge is 0.392 e. The van der Waals surface area contributed by atoms with E-state index in [1.54, 1.807) is 11.3 Å². The van der Waals surface area contributed by atoms with Crippen molar-refractivity contribution in [1.82, 2.24) is 9.55 Å². The number of aliphatic hydroxyl groups is 1. The minimum absolute atomic E-state index is 0.0811. The van der Waals surface area contributed by atoms with Gasteiger partial charge in [-0.3, -0.25) is 0 Å². The molecule has 1 aromatic carbocycles. The van der Waals surface area contributed by atoms with Gasteiger partial charge in [-0.2, -0.15) is 0 Å². The number of benzene rings is 1. The molecular weight excluding hydrogens is 244 g/mol. The van der Waals surface area contributed by atoms with E-state index in [4.69, 9.17) is 0 Å². The van der Waals surface area contributed by atoms with Gasteiger partial charge < -0.3 is 9.67 Å². The zero-order valence-corrected chi connectivity index (χ0v) is 10.9. The third kappa shape index (κ3) is 1.94. The highest BCUT2D eigenvalue weighted by atomic mass is 32.1. The van der Waals surface area contributed by atoms with Gasteiger partial charge in [0.2, 0.25) is 0 Å². The molecule has 3 rings (SSSR count). The molecule has 0 bridgehead atoms. The average molecular weight is 258 g/mol. The van der Waals surface area contributed by atoms with Gasteiger partial charge >= 0.3 is 0 Å². The Hall–Kier alpha value is -1.65. The van der Waals surface area contributed by atoms with Crippen LogP contribution >= 0.6 is 11.3 Å². The predicted octanol–water partition coefficient (Wildman–Crippen LogP) is 2.95. The maximum Gasteiger partial charge on any atom is 0.113 e. The van der Waals surface area contributed by atoms with Crippen LogP contribution in [0, 0.1) is 6.92 Å². The summed E-state index contributed by atoms with van der Waals surface area (Å²) >= 11 is 1.68. The van der Waals surface area contributed by atoms with E-state index in [-0.39, 0.29) is 6.61 Å². The fraction of sp³-hybridized carbons (Fsp3) is 0.214. The predicted molar refractivity (Wildman–Crippen MR) is 73.8 cm³/mol. The molecule has 0 unspecified atom stereocenters. The first kappa shape index (κ1) is 11.4. The molecule has 0 amide bonds. The topological polar surface area (TPSA) is 38.0 Å². The van der Waals surface area contributed by atoms with Crippen molar-refractivity contribution in [2.45, 2.75) is 20.1 Å². The van der Waals surface area contributed by atoms with E-state index in [9.17, 15) is 5.11 Å². The van der Waals surface area contributed by atoms with Crippen molar-refractivity contribution in [3.63, 3.8) is 0 Å². The number of thiazole rings is 1. The molecule has 3 aromatic rings. The van der Waals surface area contributed by atoms with Gasteiger partial charge in [0, 0.05) is 28.2 Å². The second-order valence-electron chi connectivity index (χ2n) is 4.33. The lowest BCUT2D eigenvalue weighted by Crippen LogP contribution is -1.97. The van der Waals surface area contributed by atoms with Gasteiger partial charge in [0.1, 0.15) is 5.01 Å². The molecule has 0 fully saturated rings. The van der Waals surface area contributed by atoms with Crippen LogP contribution in [0.4, 0.5) is 0 Å². The van der Waals surface area contributed by atoms with E-state index in [1.165, 1.54) is 0 Å². The van der Waals surface area contributed by atoms with E-state index < -0.39 is 0 Å². The van der Waals surface area contributed by atoms with Gasteiger partial charge in [-0.1, -0.05) is 12.1 Å². The van der Waals surface area contributed by atoms with E-state index in [0.717, 1.165) is 33.7 Å². The second-order valence-corrected chi connectivity index (χ2v) is 5.28. The van der Waals surface area contributed by atoms with Crippen LogP contribution in [-0.4, -0.2) is 14.7 Å². The molecule has 2 heterocycles. The lowest BCUT2D eigenvalue weighted by atomic mass is 10.1. The van der Waals surface area contributed by atoms with Crippen LogP contribution < -0.4 is 0 Å². The van der Waals surface area contributed by atoms with Crippen LogP contribution in [0.1, 0.15) is 16.3 Å². The van der Waals surface area contributed by atoms with Gasteiger partial charge in [0.05, 0.1) is 13.2 Å². The van der Waals surface area contributed by atoms with Crippen molar-refractivity contribution in [2.75, 3.05) is 0 Å². The fourth-order valence-electron chi connectivity index (χ4n) is 2.18. The Balaban J connectivity index is 2.02. The van der Waals surface area contributed by atoms with Gasteiger partial charge in [0.25, 0.3) is 0 Å². The SMILES string of the molecule is Cc1csc(Cn2ccc3c(CO)cccc32)n1. The average Bonchev–Trinajstić information content (AvgIpc) is 2.97. The van der Waals surface area contributed by atoms with Crippen LogP contribution in [-0.2, 0) is 13.2 Å². The summed E-state index contributed by atoms with van der Waals surface area (Å²) in [6, 6.07) is 8.08. The van der Waals surface area contributed by atoms with Crippen LogP contribution in [0.2, 0.25) is 0 Å². The molecule has 0 aliphatic rings. The van der Waals surface area contributed by atoms with Gasteiger partial charge in [-0.05, 0) is 24.6 Å². The molecule has 0 spiro atoms. The highest BCUT2D eigenvalue weighted by molar-refractivity contribution is 7.09. The summed E-state index contributed by atoms with van der Waals surface area (Å²) in [6.07, 6.45) is 2.06. The van der Waals surface area contributed by atoms with E-state index in [2.05, 4.69) is 33.3 Å². The van der Waals surface area contributed by atoms with E-state index >= 15 is 0 Å². The minimum Gasteiger partial charge on any atom is -0.392 e. The number of aryl methyl sites for hydroxylation is 1. The molecule has 4 heteroatoms. The van der Waals surface area contributed by atoms with Gasteiger partial charge in [-0.25, -0.2) is 4.98 Å². The normalized spacial score (nSPS) is 11.2. The lowest BCUT2D eigenvalue weighted by molar-refractivity contribution is 0.283. The van der Waals surface area contributed by atoms with Crippen molar-refractivity contribution in [1.29, 1.82) is 0 Å². The number of nitrogens with zero attached hydrogens (tertiary/aromatic N) is 2. The van der Waals surface area contributed by atoms with Gasteiger partial charge in [-0.15, -0.1) is 11.3 Å². The van der Waals surface area contributed by atoms with Crippen LogP contribution in [0.25, 0.3) is 10.9 Å². The van der Waals surface area contributed by atoms with Crippen molar-refractivity contribution in [3.8, 4) is 0 Å². The van der Waals surface area contributed by atoms with Crippen molar-refractivity contribution in [2.24, 2.45) is 0 Å². The molecule has 0 saturated carbocycles. The monoisotopic (exact) mass is 258 g/mol. The Morgan fingerprint density at radius 2 is 2.22 bits per heavy atom. The number of rotatable bonds is 3. The first-order valence-corrected chi connectivity index (χ1v) is 6.74. The van der Waals surface area contributed by atoms with Crippen LogP contribution in [0.3, 0.4) is 0 Å². The third-order valence-electron chi connectivity index (χ3n) is 3.05. The zero-order chi connectivity index (χ0) is 12.5. The highest BCUT2D eigenvalue weighted by Gasteiger charge is 2.06. The molecule has 0 saturated heterocycles. The Kier molecular flexibility index (Phi) is 2.89. The van der Waals surface area contributed by atoms with E-state index in [0.29, 0.717) is 0 Å². The van der Waals surface area contributed by atoms with Crippen LogP contribution in [0.5, 0.6) is 0 Å². The van der Waals surface area contributed by atoms with Crippen molar-refractivity contribution >= 4 is 22.2 Å². The Bertz CT molecular complexity index is 684. The number of aliphatic hydroxyl groups excluding tert-OH is 1. The lowest BCUT2D eigenvalue weighted by Gasteiger charge is -2.04. The number of fused-ring (bicyclic) bond motifs is 1. The number of aromatic nitrogens is 2. The second kappa shape index (κ2) is 4.55. The van der Waals surface area contributed by atoms with Crippen molar-refractivity contribution in [3.05, 3.63) is 52.1 Å². The Morgan fingerprint density at radius 1 is 1.33 bits per heavy atom. The van der Waals surface area contributed by atoms with Gasteiger partial charge in [0.15, 0.2) is 0 Å². The highest BCUT2D eigenvalue weighted by Crippen LogP contribution is 2.22. The summed E-state index contributed by atoms with van der Waals surface area (Å²) in [5.74, 6) is 0. The standard InChI is InChI=1S/C14H14N2OS/c1-10-9-18-14(15-10)7-16-6-5-12-11(8-17)3-2-4-13(12)16/h2-6,9,17H,7-8H2,1H3. The number of hydrogen-bond donors (Lipinski definition) is 1. The minimum atomic E-state index is 0.0811. The smallest absolute Gasteiger partial charge is 0.113 e. The first-order valence-electron chi connectivity index (χ1n) is 5.86. The quantitative estimate of drug-likeness (QED) is 0.784. The van der Waals surface area contributed by atoms with Crippen molar-refractivity contribution < 1.29 is 5.11 Å².